The number of furan rings is 1. The van der Waals surface area contributed by atoms with Gasteiger partial charge in [0.25, 0.3) is 5.91 Å². The van der Waals surface area contributed by atoms with Crippen LogP contribution in [-0.4, -0.2) is 30.1 Å². The zero-order valence-corrected chi connectivity index (χ0v) is 22.4. The lowest BCUT2D eigenvalue weighted by molar-refractivity contribution is -0.114. The second-order valence-corrected chi connectivity index (χ2v) is 9.52. The molecule has 1 aliphatic heterocycles. The average Bonchev–Trinajstić information content (AvgIpc) is 3.48. The van der Waals surface area contributed by atoms with E-state index in [9.17, 15) is 24.0 Å². The SMILES string of the molecule is CCOC(=O)c1ccc(NC(=O)CSC2=C(C#N)C(c3ccco3)C(C(=O)Nc3ccccc3F)=C(C)N2)cc1. The largest absolute Gasteiger partial charge is 0.468 e. The number of benzene rings is 2. The maximum Gasteiger partial charge on any atom is 0.338 e. The molecular weight excluding hydrogens is 535 g/mol. The van der Waals surface area contributed by atoms with Crippen LogP contribution in [0.3, 0.4) is 0 Å². The van der Waals surface area contributed by atoms with Crippen molar-refractivity contribution in [1.29, 1.82) is 5.26 Å². The number of thioether (sulfide) groups is 1. The number of esters is 1. The number of amides is 2. The first-order valence-corrected chi connectivity index (χ1v) is 13.2. The van der Waals surface area contributed by atoms with E-state index in [4.69, 9.17) is 9.15 Å². The van der Waals surface area contributed by atoms with Crippen molar-refractivity contribution in [3.05, 3.63) is 106 Å². The monoisotopic (exact) mass is 560 g/mol. The normalized spacial score (nSPS) is 14.7. The third-order valence-corrected chi connectivity index (χ3v) is 6.89. The summed E-state index contributed by atoms with van der Waals surface area (Å²) >= 11 is 1.09. The van der Waals surface area contributed by atoms with Crippen molar-refractivity contribution in [1.82, 2.24) is 5.32 Å². The number of nitrogens with one attached hydrogen (secondary N) is 3. The van der Waals surface area contributed by atoms with Crippen LogP contribution in [0.4, 0.5) is 15.8 Å². The topological polar surface area (TPSA) is 133 Å². The summed E-state index contributed by atoms with van der Waals surface area (Å²) in [5.74, 6) is -2.58. The van der Waals surface area contributed by atoms with Gasteiger partial charge in [-0.15, -0.1) is 0 Å². The molecule has 1 aromatic heterocycles. The van der Waals surface area contributed by atoms with Crippen LogP contribution in [0.5, 0.6) is 0 Å². The number of ether oxygens (including phenoxy) is 1. The standard InChI is InChI=1S/C29H25FN4O5S/c1-3-38-29(37)18-10-12-19(13-11-18)33-24(35)16-40-28-20(15-31)26(23-9-6-14-39-23)25(17(2)32-28)27(36)34-22-8-5-4-7-21(22)30/h4-14,26,32H,3,16H2,1-2H3,(H,33,35)(H,34,36). The summed E-state index contributed by atoms with van der Waals surface area (Å²) < 4.78 is 24.8. The number of hydrogen-bond acceptors (Lipinski definition) is 8. The maximum absolute atomic E-state index is 14.2. The Morgan fingerprint density at radius 1 is 1.10 bits per heavy atom. The van der Waals surface area contributed by atoms with Crippen LogP contribution in [-0.2, 0) is 14.3 Å². The Hall–Kier alpha value is -4.82. The molecule has 2 aromatic carbocycles. The van der Waals surface area contributed by atoms with Gasteiger partial charge < -0.3 is 25.1 Å². The molecular formula is C29H25FN4O5S. The maximum atomic E-state index is 14.2. The summed E-state index contributed by atoms with van der Waals surface area (Å²) in [6.07, 6.45) is 1.43. The molecule has 0 bridgehead atoms. The van der Waals surface area contributed by atoms with E-state index in [1.807, 2.05) is 0 Å². The van der Waals surface area contributed by atoms with Crippen LogP contribution >= 0.6 is 11.8 Å². The zero-order valence-electron chi connectivity index (χ0n) is 21.6. The minimum Gasteiger partial charge on any atom is -0.468 e. The third kappa shape index (κ3) is 6.42. The minimum absolute atomic E-state index is 0.000568. The lowest BCUT2D eigenvalue weighted by Gasteiger charge is -2.28. The second kappa shape index (κ2) is 12.8. The number of carbonyl (C=O) groups is 3. The van der Waals surface area contributed by atoms with Gasteiger partial charge in [0.05, 0.1) is 58.0 Å². The molecule has 1 atom stereocenters. The van der Waals surface area contributed by atoms with Gasteiger partial charge in [-0.1, -0.05) is 23.9 Å². The van der Waals surface area contributed by atoms with Gasteiger partial charge in [0.2, 0.25) is 5.91 Å². The van der Waals surface area contributed by atoms with Crippen LogP contribution in [0.2, 0.25) is 0 Å². The third-order valence-electron chi connectivity index (χ3n) is 5.87. The Labute approximate surface area is 234 Å². The fraction of sp³-hybridized carbons (Fsp3) is 0.172. The van der Waals surface area contributed by atoms with Crippen molar-refractivity contribution in [3.63, 3.8) is 0 Å². The number of halogens is 1. The van der Waals surface area contributed by atoms with Gasteiger partial charge in [0.15, 0.2) is 0 Å². The van der Waals surface area contributed by atoms with Crippen molar-refractivity contribution >= 4 is 40.9 Å². The first-order valence-electron chi connectivity index (χ1n) is 12.2. The number of para-hydroxylation sites is 1. The highest BCUT2D eigenvalue weighted by Crippen LogP contribution is 2.41. The molecule has 1 unspecified atom stereocenters. The smallest absolute Gasteiger partial charge is 0.338 e. The molecule has 11 heteroatoms. The van der Waals surface area contributed by atoms with Crippen LogP contribution in [0, 0.1) is 17.1 Å². The van der Waals surface area contributed by atoms with Crippen LogP contribution < -0.4 is 16.0 Å². The van der Waals surface area contributed by atoms with E-state index in [1.54, 1.807) is 56.3 Å². The second-order valence-electron chi connectivity index (χ2n) is 8.54. The molecule has 4 rings (SSSR count). The lowest BCUT2D eigenvalue weighted by atomic mass is 9.85. The number of allylic oxidation sites excluding steroid dienone is 2. The molecule has 0 saturated carbocycles. The lowest BCUT2D eigenvalue weighted by Crippen LogP contribution is -2.31. The average molecular weight is 561 g/mol. The van der Waals surface area contributed by atoms with E-state index < -0.39 is 23.6 Å². The van der Waals surface area contributed by atoms with E-state index in [0.717, 1.165) is 11.8 Å². The van der Waals surface area contributed by atoms with Gasteiger partial charge in [-0.2, -0.15) is 5.26 Å². The van der Waals surface area contributed by atoms with Crippen LogP contribution in [0.1, 0.15) is 35.9 Å². The molecule has 9 nitrogen and oxygen atoms in total. The summed E-state index contributed by atoms with van der Waals surface area (Å²) in [4.78, 5) is 37.8. The molecule has 0 radical (unpaired) electrons. The fourth-order valence-electron chi connectivity index (χ4n) is 4.06. The Balaban J connectivity index is 1.51. The number of dihydropyridines is 1. The number of hydrogen-bond donors (Lipinski definition) is 3. The first-order chi connectivity index (χ1) is 19.3. The van der Waals surface area contributed by atoms with E-state index in [-0.39, 0.29) is 35.1 Å². The molecule has 0 fully saturated rings. The Bertz CT molecular complexity index is 1520. The van der Waals surface area contributed by atoms with Gasteiger partial charge in [-0.05, 0) is 62.4 Å². The Morgan fingerprint density at radius 3 is 2.50 bits per heavy atom. The first kappa shape index (κ1) is 28.2. The molecule has 3 aromatic rings. The number of anilines is 2. The van der Waals surface area contributed by atoms with E-state index in [0.29, 0.717) is 27.7 Å². The van der Waals surface area contributed by atoms with E-state index >= 15 is 0 Å². The molecule has 40 heavy (non-hydrogen) atoms. The van der Waals surface area contributed by atoms with Gasteiger partial charge in [0.1, 0.15) is 11.6 Å². The molecule has 0 aliphatic carbocycles. The van der Waals surface area contributed by atoms with E-state index in [2.05, 4.69) is 22.0 Å². The van der Waals surface area contributed by atoms with Crippen LogP contribution in [0.25, 0.3) is 0 Å². The van der Waals surface area contributed by atoms with Crippen molar-refractivity contribution in [2.75, 3.05) is 23.0 Å². The van der Waals surface area contributed by atoms with E-state index in [1.165, 1.54) is 24.5 Å². The van der Waals surface area contributed by atoms with Gasteiger partial charge in [0, 0.05) is 11.4 Å². The Kier molecular flexibility index (Phi) is 9.04. The highest BCUT2D eigenvalue weighted by molar-refractivity contribution is 8.03. The Morgan fingerprint density at radius 2 is 1.85 bits per heavy atom. The zero-order chi connectivity index (χ0) is 28.6. The van der Waals surface area contributed by atoms with Crippen LogP contribution in [0.15, 0.2) is 93.2 Å². The van der Waals surface area contributed by atoms with Crippen molar-refractivity contribution in [2.45, 2.75) is 19.8 Å². The van der Waals surface area contributed by atoms with Gasteiger partial charge in [-0.25, -0.2) is 9.18 Å². The summed E-state index contributed by atoms with van der Waals surface area (Å²) in [7, 11) is 0. The fourth-order valence-corrected chi connectivity index (χ4v) is 4.95. The number of rotatable bonds is 9. The van der Waals surface area contributed by atoms with Crippen molar-refractivity contribution in [3.8, 4) is 6.07 Å². The summed E-state index contributed by atoms with van der Waals surface area (Å²) in [5, 5.41) is 18.9. The predicted octanol–water partition coefficient (Wildman–Crippen LogP) is 5.30. The van der Waals surface area contributed by atoms with Crippen molar-refractivity contribution < 1.29 is 27.9 Å². The highest BCUT2D eigenvalue weighted by Gasteiger charge is 2.36. The molecule has 0 saturated heterocycles. The molecule has 0 spiro atoms. The quantitative estimate of drug-likeness (QED) is 0.300. The van der Waals surface area contributed by atoms with Crippen molar-refractivity contribution in [2.24, 2.45) is 0 Å². The molecule has 1 aliphatic rings. The molecule has 3 N–H and O–H groups in total. The number of carbonyl (C=O) groups excluding carboxylic acids is 3. The van der Waals surface area contributed by atoms with Gasteiger partial charge in [-0.3, -0.25) is 9.59 Å². The number of nitriles is 1. The summed E-state index contributed by atoms with van der Waals surface area (Å²) in [6, 6.07) is 17.5. The van der Waals surface area contributed by atoms with Gasteiger partial charge >= 0.3 is 5.97 Å². The molecule has 2 amide bonds. The minimum atomic E-state index is -0.881. The number of nitrogens with zero attached hydrogens (tertiary/aromatic N) is 1. The summed E-state index contributed by atoms with van der Waals surface area (Å²) in [6.45, 7) is 3.64. The molecule has 204 valence electrons. The highest BCUT2D eigenvalue weighted by atomic mass is 32.2. The molecule has 2 heterocycles. The predicted molar refractivity (Wildman–Crippen MR) is 148 cm³/mol. The summed E-state index contributed by atoms with van der Waals surface area (Å²) in [5.41, 5.74) is 1.64.